The summed E-state index contributed by atoms with van der Waals surface area (Å²) >= 11 is 0. The first-order chi connectivity index (χ1) is 8.25. The van der Waals surface area contributed by atoms with Crippen molar-refractivity contribution in [3.05, 3.63) is 47.9 Å². The van der Waals surface area contributed by atoms with Crippen molar-refractivity contribution >= 4 is 11.9 Å². The van der Waals surface area contributed by atoms with E-state index in [0.717, 1.165) is 0 Å². The molecular formula is C11H10FN3O2. The monoisotopic (exact) mass is 235 g/mol. The smallest absolute Gasteiger partial charge is 0.321 e. The molecule has 2 N–H and O–H groups in total. The minimum Gasteiger partial charge on any atom is -0.338 e. The van der Waals surface area contributed by atoms with Crippen molar-refractivity contribution in [2.24, 2.45) is 0 Å². The van der Waals surface area contributed by atoms with Crippen LogP contribution in [0.5, 0.6) is 0 Å². The van der Waals surface area contributed by atoms with Crippen molar-refractivity contribution < 1.29 is 13.7 Å². The number of nitrogens with zero attached hydrogens (tertiary/aromatic N) is 1. The molecule has 2 rings (SSSR count). The summed E-state index contributed by atoms with van der Waals surface area (Å²) in [7, 11) is 0. The lowest BCUT2D eigenvalue weighted by Gasteiger charge is -2.05. The predicted octanol–water partition coefficient (Wildman–Crippen LogP) is 2.14. The predicted molar refractivity (Wildman–Crippen MR) is 58.8 cm³/mol. The number of hydrogen-bond acceptors (Lipinski definition) is 3. The van der Waals surface area contributed by atoms with Crippen LogP contribution in [0, 0.1) is 5.82 Å². The Hall–Kier alpha value is -2.37. The van der Waals surface area contributed by atoms with Crippen LogP contribution in [-0.2, 0) is 6.54 Å². The molecule has 0 fully saturated rings. The molecule has 17 heavy (non-hydrogen) atoms. The molecule has 0 saturated heterocycles. The van der Waals surface area contributed by atoms with E-state index in [9.17, 15) is 9.18 Å². The highest BCUT2D eigenvalue weighted by Gasteiger charge is 2.05. The van der Waals surface area contributed by atoms with Gasteiger partial charge in [0.25, 0.3) is 0 Å². The summed E-state index contributed by atoms with van der Waals surface area (Å²) in [5, 5.41) is 8.34. The summed E-state index contributed by atoms with van der Waals surface area (Å²) in [4.78, 5) is 11.4. The number of carbonyl (C=O) groups excluding carboxylic acids is 1. The average molecular weight is 235 g/mol. The SMILES string of the molecule is O=C(NCc1ccccc1F)Nc1ccno1. The fraction of sp³-hybridized carbons (Fsp3) is 0.0909. The van der Waals surface area contributed by atoms with Crippen LogP contribution in [0.4, 0.5) is 15.1 Å². The molecular weight excluding hydrogens is 225 g/mol. The van der Waals surface area contributed by atoms with Crippen molar-refractivity contribution in [1.82, 2.24) is 10.5 Å². The van der Waals surface area contributed by atoms with Gasteiger partial charge in [-0.15, -0.1) is 0 Å². The highest BCUT2D eigenvalue weighted by molar-refractivity contribution is 5.87. The molecule has 0 aliphatic rings. The van der Waals surface area contributed by atoms with Gasteiger partial charge in [-0.3, -0.25) is 5.32 Å². The molecule has 1 heterocycles. The molecule has 88 valence electrons. The average Bonchev–Trinajstić information content (AvgIpc) is 2.81. The van der Waals surface area contributed by atoms with Gasteiger partial charge in [-0.1, -0.05) is 23.4 Å². The van der Waals surface area contributed by atoms with Gasteiger partial charge in [0.05, 0.1) is 6.20 Å². The Morgan fingerprint density at radius 3 is 2.88 bits per heavy atom. The maximum absolute atomic E-state index is 13.2. The van der Waals surface area contributed by atoms with Crippen LogP contribution in [0.15, 0.2) is 41.1 Å². The van der Waals surface area contributed by atoms with Gasteiger partial charge < -0.3 is 9.84 Å². The number of aromatic nitrogens is 1. The first-order valence-corrected chi connectivity index (χ1v) is 4.94. The van der Waals surface area contributed by atoms with E-state index < -0.39 is 6.03 Å². The van der Waals surface area contributed by atoms with Crippen LogP contribution < -0.4 is 10.6 Å². The topological polar surface area (TPSA) is 67.2 Å². The minimum atomic E-state index is -0.481. The van der Waals surface area contributed by atoms with Crippen molar-refractivity contribution in [2.45, 2.75) is 6.54 Å². The molecule has 0 atom stereocenters. The Morgan fingerprint density at radius 1 is 1.35 bits per heavy atom. The summed E-state index contributed by atoms with van der Waals surface area (Å²) in [5.74, 6) is -0.122. The van der Waals surface area contributed by atoms with Gasteiger partial charge in [0.15, 0.2) is 0 Å². The third-order valence-corrected chi connectivity index (χ3v) is 2.07. The highest BCUT2D eigenvalue weighted by atomic mass is 19.1. The standard InChI is InChI=1S/C11H10FN3O2/c12-9-4-2-1-3-8(9)7-13-11(16)15-10-5-6-14-17-10/h1-6H,7H2,(H2,13,15,16). The Morgan fingerprint density at radius 2 is 2.18 bits per heavy atom. The Bertz CT molecular complexity index is 499. The lowest BCUT2D eigenvalue weighted by molar-refractivity contribution is 0.250. The van der Waals surface area contributed by atoms with E-state index in [1.54, 1.807) is 18.2 Å². The van der Waals surface area contributed by atoms with Gasteiger partial charge >= 0.3 is 6.03 Å². The summed E-state index contributed by atoms with van der Waals surface area (Å²) in [6.07, 6.45) is 1.41. The lowest BCUT2D eigenvalue weighted by Crippen LogP contribution is -2.28. The maximum Gasteiger partial charge on any atom is 0.321 e. The number of amides is 2. The van der Waals surface area contributed by atoms with Gasteiger partial charge in [-0.2, -0.15) is 0 Å². The number of benzene rings is 1. The molecule has 2 amide bonds. The van der Waals surface area contributed by atoms with Gasteiger partial charge in [0.2, 0.25) is 5.88 Å². The summed E-state index contributed by atoms with van der Waals surface area (Å²) < 4.78 is 17.9. The Kier molecular flexibility index (Phi) is 3.34. The zero-order valence-electron chi connectivity index (χ0n) is 8.81. The number of urea groups is 1. The van der Waals surface area contributed by atoms with Crippen LogP contribution in [0.2, 0.25) is 0 Å². The molecule has 0 aliphatic carbocycles. The second-order valence-electron chi connectivity index (χ2n) is 3.28. The van der Waals surface area contributed by atoms with Crippen LogP contribution in [0.3, 0.4) is 0 Å². The van der Waals surface area contributed by atoms with E-state index in [0.29, 0.717) is 5.56 Å². The lowest BCUT2D eigenvalue weighted by atomic mass is 10.2. The molecule has 0 saturated carbocycles. The molecule has 0 aliphatic heterocycles. The summed E-state index contributed by atoms with van der Waals surface area (Å²) in [6, 6.07) is 7.25. The molecule has 2 aromatic rings. The molecule has 1 aromatic heterocycles. The zero-order valence-corrected chi connectivity index (χ0v) is 8.81. The molecule has 0 bridgehead atoms. The normalized spacial score (nSPS) is 9.94. The number of carbonyl (C=O) groups is 1. The Balaban J connectivity index is 1.86. The zero-order chi connectivity index (χ0) is 12.1. The fourth-order valence-electron chi connectivity index (χ4n) is 1.25. The van der Waals surface area contributed by atoms with E-state index in [1.807, 2.05) is 0 Å². The quantitative estimate of drug-likeness (QED) is 0.856. The van der Waals surface area contributed by atoms with Crippen LogP contribution >= 0.6 is 0 Å². The van der Waals surface area contributed by atoms with E-state index in [2.05, 4.69) is 20.3 Å². The third-order valence-electron chi connectivity index (χ3n) is 2.07. The van der Waals surface area contributed by atoms with E-state index in [-0.39, 0.29) is 18.2 Å². The number of hydrogen-bond donors (Lipinski definition) is 2. The van der Waals surface area contributed by atoms with Gasteiger partial charge in [-0.25, -0.2) is 9.18 Å². The van der Waals surface area contributed by atoms with Gasteiger partial charge in [0.1, 0.15) is 5.82 Å². The van der Waals surface area contributed by atoms with E-state index in [1.165, 1.54) is 18.3 Å². The summed E-state index contributed by atoms with van der Waals surface area (Å²) in [6.45, 7) is 0.104. The van der Waals surface area contributed by atoms with Crippen molar-refractivity contribution in [3.8, 4) is 0 Å². The van der Waals surface area contributed by atoms with Gasteiger partial charge in [0, 0.05) is 18.2 Å². The van der Waals surface area contributed by atoms with Crippen LogP contribution in [-0.4, -0.2) is 11.2 Å². The first-order valence-electron chi connectivity index (χ1n) is 4.94. The number of rotatable bonds is 3. The fourth-order valence-corrected chi connectivity index (χ4v) is 1.25. The third kappa shape index (κ3) is 3.04. The first kappa shape index (κ1) is 11.1. The highest BCUT2D eigenvalue weighted by Crippen LogP contribution is 2.06. The molecule has 6 heteroatoms. The molecule has 1 aromatic carbocycles. The largest absolute Gasteiger partial charge is 0.338 e. The number of anilines is 1. The minimum absolute atomic E-state index is 0.104. The second kappa shape index (κ2) is 5.11. The molecule has 0 spiro atoms. The molecule has 0 radical (unpaired) electrons. The van der Waals surface area contributed by atoms with Crippen LogP contribution in [0.1, 0.15) is 5.56 Å². The van der Waals surface area contributed by atoms with E-state index >= 15 is 0 Å². The second-order valence-corrected chi connectivity index (χ2v) is 3.28. The van der Waals surface area contributed by atoms with E-state index in [4.69, 9.17) is 0 Å². The van der Waals surface area contributed by atoms with Crippen molar-refractivity contribution in [1.29, 1.82) is 0 Å². The summed E-state index contributed by atoms with van der Waals surface area (Å²) in [5.41, 5.74) is 0.417. The Labute approximate surface area is 96.6 Å². The van der Waals surface area contributed by atoms with Crippen molar-refractivity contribution in [2.75, 3.05) is 5.32 Å². The van der Waals surface area contributed by atoms with Gasteiger partial charge in [-0.05, 0) is 6.07 Å². The van der Waals surface area contributed by atoms with Crippen molar-refractivity contribution in [3.63, 3.8) is 0 Å². The molecule has 5 nitrogen and oxygen atoms in total. The number of halogens is 1. The maximum atomic E-state index is 13.2. The van der Waals surface area contributed by atoms with Crippen LogP contribution in [0.25, 0.3) is 0 Å². The number of nitrogens with one attached hydrogen (secondary N) is 2. The molecule has 0 unspecified atom stereocenters.